The maximum Gasteiger partial charge on any atom is 0.210 e. The van der Waals surface area contributed by atoms with E-state index in [0.29, 0.717) is 12.3 Å². The Morgan fingerprint density at radius 1 is 1.41 bits per heavy atom. The molecule has 1 fully saturated rings. The van der Waals surface area contributed by atoms with Gasteiger partial charge >= 0.3 is 0 Å². The van der Waals surface area contributed by atoms with Crippen LogP contribution in [-0.4, -0.2) is 22.2 Å². The van der Waals surface area contributed by atoms with E-state index in [1.165, 1.54) is 0 Å². The highest BCUT2D eigenvalue weighted by Gasteiger charge is 2.35. The van der Waals surface area contributed by atoms with Crippen LogP contribution in [0.2, 0.25) is 0 Å². The van der Waals surface area contributed by atoms with Crippen LogP contribution in [0.15, 0.2) is 59.4 Å². The van der Waals surface area contributed by atoms with Crippen molar-refractivity contribution in [3.05, 3.63) is 71.9 Å². The van der Waals surface area contributed by atoms with Crippen molar-refractivity contribution in [3.63, 3.8) is 0 Å². The summed E-state index contributed by atoms with van der Waals surface area (Å²) in [6.07, 6.45) is 5.92. The second-order valence-corrected chi connectivity index (χ2v) is 6.54. The molecule has 1 heterocycles. The van der Waals surface area contributed by atoms with Gasteiger partial charge in [-0.1, -0.05) is 30.7 Å². The quantitative estimate of drug-likeness (QED) is 0.758. The first-order chi connectivity index (χ1) is 13.1. The van der Waals surface area contributed by atoms with Gasteiger partial charge < -0.3 is 19.9 Å². The Morgan fingerprint density at radius 3 is 2.78 bits per heavy atom. The van der Waals surface area contributed by atoms with E-state index in [2.05, 4.69) is 35.4 Å². The monoisotopic (exact) mass is 363 g/mol. The molecule has 0 aliphatic heterocycles. The van der Waals surface area contributed by atoms with Crippen LogP contribution in [0.4, 0.5) is 0 Å². The van der Waals surface area contributed by atoms with E-state index in [1.54, 1.807) is 0 Å². The van der Waals surface area contributed by atoms with Gasteiger partial charge in [0, 0.05) is 29.8 Å². The molecule has 0 spiro atoms. The minimum absolute atomic E-state index is 0.153. The molecule has 0 saturated heterocycles. The molecule has 5 nitrogen and oxygen atoms in total. The van der Waals surface area contributed by atoms with E-state index in [-0.39, 0.29) is 12.1 Å². The highest BCUT2D eigenvalue weighted by atomic mass is 16.5. The van der Waals surface area contributed by atoms with Crippen LogP contribution >= 0.6 is 0 Å². The molecule has 0 bridgehead atoms. The van der Waals surface area contributed by atoms with E-state index in [9.17, 15) is 0 Å². The lowest BCUT2D eigenvalue weighted by molar-refractivity contribution is 0.296. The molecular formula is C22H25N3O2. The number of aromatic nitrogens is 1. The van der Waals surface area contributed by atoms with Gasteiger partial charge in [-0.05, 0) is 49.7 Å². The predicted octanol–water partition coefficient (Wildman–Crippen LogP) is 3.81. The zero-order chi connectivity index (χ0) is 19.2. The first kappa shape index (κ1) is 18.8. The number of rotatable bonds is 7. The van der Waals surface area contributed by atoms with Crippen LogP contribution < -0.4 is 10.5 Å². The number of hydrogen-bond donors (Lipinski definition) is 1. The van der Waals surface area contributed by atoms with Crippen molar-refractivity contribution in [1.82, 2.24) is 10.1 Å². The molecule has 5 heteroatoms. The SMILES string of the molecule is C=C(CC)N(/C=C\C)Cc1cc(C#Cc2ccc(OC3CC3N)cc2)on1. The first-order valence-electron chi connectivity index (χ1n) is 9.16. The zero-order valence-corrected chi connectivity index (χ0v) is 15.8. The van der Waals surface area contributed by atoms with Crippen molar-refractivity contribution in [2.75, 3.05) is 0 Å². The van der Waals surface area contributed by atoms with Crippen molar-refractivity contribution in [3.8, 4) is 17.6 Å². The summed E-state index contributed by atoms with van der Waals surface area (Å²) in [5.41, 5.74) is 8.48. The number of nitrogens with two attached hydrogens (primary N) is 1. The summed E-state index contributed by atoms with van der Waals surface area (Å²) in [5.74, 6) is 7.45. The number of hydrogen-bond acceptors (Lipinski definition) is 5. The summed E-state index contributed by atoms with van der Waals surface area (Å²) >= 11 is 0. The van der Waals surface area contributed by atoms with Gasteiger partial charge in [-0.2, -0.15) is 0 Å². The normalized spacial score (nSPS) is 18.0. The summed E-state index contributed by atoms with van der Waals surface area (Å²) < 4.78 is 11.1. The van der Waals surface area contributed by atoms with Gasteiger partial charge in [0.1, 0.15) is 17.5 Å². The maximum atomic E-state index is 5.75. The second-order valence-electron chi connectivity index (χ2n) is 6.54. The van der Waals surface area contributed by atoms with Crippen molar-refractivity contribution < 1.29 is 9.26 Å². The van der Waals surface area contributed by atoms with Gasteiger partial charge in [0.15, 0.2) is 0 Å². The molecule has 2 atom stereocenters. The molecule has 1 aromatic heterocycles. The Morgan fingerprint density at radius 2 is 2.15 bits per heavy atom. The maximum absolute atomic E-state index is 5.75. The summed E-state index contributed by atoms with van der Waals surface area (Å²) in [7, 11) is 0. The minimum atomic E-state index is 0.153. The van der Waals surface area contributed by atoms with E-state index in [4.69, 9.17) is 15.0 Å². The largest absolute Gasteiger partial charge is 0.489 e. The standard InChI is InChI=1S/C22H25N3O2/c1-4-12-25(16(3)5-2)15-18-13-20(27-24-18)11-8-17-6-9-19(10-7-17)26-22-14-21(22)23/h4,6-7,9-10,12-13,21-22H,3,5,14-15,23H2,1-2H3/b12-4-. The third-order valence-electron chi connectivity index (χ3n) is 4.29. The van der Waals surface area contributed by atoms with Crippen molar-refractivity contribution in [2.45, 2.75) is 45.4 Å². The molecule has 1 saturated carbocycles. The van der Waals surface area contributed by atoms with Gasteiger partial charge in [-0.15, -0.1) is 0 Å². The van der Waals surface area contributed by atoms with E-state index < -0.39 is 0 Å². The molecule has 2 unspecified atom stereocenters. The first-order valence-corrected chi connectivity index (χ1v) is 9.16. The molecule has 1 aliphatic rings. The average Bonchev–Trinajstić information content (AvgIpc) is 3.17. The smallest absolute Gasteiger partial charge is 0.210 e. The van der Waals surface area contributed by atoms with Crippen molar-refractivity contribution in [1.29, 1.82) is 0 Å². The van der Waals surface area contributed by atoms with E-state index >= 15 is 0 Å². The Labute approximate surface area is 160 Å². The van der Waals surface area contributed by atoms with E-state index in [0.717, 1.165) is 35.5 Å². The summed E-state index contributed by atoms with van der Waals surface area (Å²) in [4.78, 5) is 2.06. The summed E-state index contributed by atoms with van der Waals surface area (Å²) in [6, 6.07) is 9.69. The fourth-order valence-electron chi connectivity index (χ4n) is 2.52. The number of allylic oxidation sites excluding steroid dienone is 2. The fraction of sp³-hybridized carbons (Fsp3) is 0.318. The Kier molecular flexibility index (Phi) is 6.00. The molecule has 2 aromatic rings. The van der Waals surface area contributed by atoms with Crippen molar-refractivity contribution >= 4 is 0 Å². The molecule has 3 rings (SSSR count). The third-order valence-corrected chi connectivity index (χ3v) is 4.29. The van der Waals surface area contributed by atoms with Gasteiger partial charge in [-0.25, -0.2) is 0 Å². The lowest BCUT2D eigenvalue weighted by atomic mass is 10.2. The van der Waals surface area contributed by atoms with E-state index in [1.807, 2.05) is 49.5 Å². The van der Waals surface area contributed by atoms with Gasteiger partial charge in [0.05, 0.1) is 6.54 Å². The molecule has 2 N–H and O–H groups in total. The molecule has 140 valence electrons. The topological polar surface area (TPSA) is 64.5 Å². The van der Waals surface area contributed by atoms with Crippen LogP contribution in [0.25, 0.3) is 0 Å². The van der Waals surface area contributed by atoms with Crippen LogP contribution in [0.1, 0.15) is 43.7 Å². The molecule has 0 amide bonds. The highest BCUT2D eigenvalue weighted by Crippen LogP contribution is 2.25. The highest BCUT2D eigenvalue weighted by molar-refractivity contribution is 5.42. The van der Waals surface area contributed by atoms with Crippen LogP contribution in [-0.2, 0) is 6.54 Å². The Bertz CT molecular complexity index is 871. The summed E-state index contributed by atoms with van der Waals surface area (Å²) in [6.45, 7) is 8.74. The second kappa shape index (κ2) is 8.61. The minimum Gasteiger partial charge on any atom is -0.489 e. The average molecular weight is 363 g/mol. The van der Waals surface area contributed by atoms with Gasteiger partial charge in [0.25, 0.3) is 0 Å². The predicted molar refractivity (Wildman–Crippen MR) is 106 cm³/mol. The van der Waals surface area contributed by atoms with Gasteiger partial charge in [0.2, 0.25) is 5.76 Å². The lowest BCUT2D eigenvalue weighted by Gasteiger charge is -2.20. The molecule has 0 radical (unpaired) electrons. The van der Waals surface area contributed by atoms with Crippen LogP contribution in [0.3, 0.4) is 0 Å². The molecule has 27 heavy (non-hydrogen) atoms. The fourth-order valence-corrected chi connectivity index (χ4v) is 2.52. The van der Waals surface area contributed by atoms with Gasteiger partial charge in [-0.3, -0.25) is 0 Å². The molecule has 1 aliphatic carbocycles. The third kappa shape index (κ3) is 5.25. The molecular weight excluding hydrogens is 338 g/mol. The van der Waals surface area contributed by atoms with Crippen LogP contribution in [0.5, 0.6) is 5.75 Å². The van der Waals surface area contributed by atoms with Crippen molar-refractivity contribution in [2.24, 2.45) is 5.73 Å². The Balaban J connectivity index is 1.61. The molecule has 1 aromatic carbocycles. The zero-order valence-electron chi connectivity index (χ0n) is 15.8. The lowest BCUT2D eigenvalue weighted by Crippen LogP contribution is -2.15. The summed E-state index contributed by atoms with van der Waals surface area (Å²) in [5, 5.41) is 4.10. The van der Waals surface area contributed by atoms with Crippen LogP contribution in [0, 0.1) is 11.8 Å². The Hall–Kier alpha value is -2.97. The number of benzene rings is 1. The number of nitrogens with zero attached hydrogens (tertiary/aromatic N) is 2. The number of ether oxygens (including phenoxy) is 1.